The van der Waals surface area contributed by atoms with Crippen molar-refractivity contribution in [2.75, 3.05) is 0 Å². The standard InChI is InChI=1S/C10H8BrNO.C7H4BrNO/c11-10-4-3-9(5-7(10)6-12)13-8-1-2-8;8-7-2-1-6(10)3-5(7)4-9/h3-5,8H,1-2H2;1-3,10H. The average molecular weight is 436 g/mol. The van der Waals surface area contributed by atoms with Crippen molar-refractivity contribution in [1.29, 1.82) is 10.5 Å². The molecule has 1 N–H and O–H groups in total. The van der Waals surface area contributed by atoms with Gasteiger partial charge in [0.15, 0.2) is 0 Å². The highest BCUT2D eigenvalue weighted by Crippen LogP contribution is 2.29. The molecule has 0 bridgehead atoms. The van der Waals surface area contributed by atoms with Crippen molar-refractivity contribution < 1.29 is 9.84 Å². The third-order valence-corrected chi connectivity index (χ3v) is 4.34. The summed E-state index contributed by atoms with van der Waals surface area (Å²) < 4.78 is 7.07. The number of aromatic hydroxyl groups is 1. The van der Waals surface area contributed by atoms with Crippen LogP contribution in [0.4, 0.5) is 0 Å². The van der Waals surface area contributed by atoms with E-state index in [9.17, 15) is 0 Å². The van der Waals surface area contributed by atoms with Crippen LogP contribution in [0.1, 0.15) is 24.0 Å². The molecule has 0 heterocycles. The number of halogens is 2. The molecular formula is C17H12Br2N2O2. The molecule has 4 nitrogen and oxygen atoms in total. The van der Waals surface area contributed by atoms with Gasteiger partial charge >= 0.3 is 0 Å². The lowest BCUT2D eigenvalue weighted by atomic mass is 10.2. The van der Waals surface area contributed by atoms with Gasteiger partial charge in [-0.15, -0.1) is 0 Å². The predicted octanol–water partition coefficient (Wildman–Crippen LogP) is 4.89. The Bertz CT molecular complexity index is 790. The summed E-state index contributed by atoms with van der Waals surface area (Å²) in [6.07, 6.45) is 2.66. The fraction of sp³-hybridized carbons (Fsp3) is 0.176. The van der Waals surface area contributed by atoms with Crippen LogP contribution in [-0.4, -0.2) is 11.2 Å². The Balaban J connectivity index is 0.000000174. The van der Waals surface area contributed by atoms with E-state index in [0.717, 1.165) is 23.1 Å². The van der Waals surface area contributed by atoms with E-state index < -0.39 is 0 Å². The second kappa shape index (κ2) is 8.01. The second-order valence-corrected chi connectivity index (χ2v) is 6.56. The van der Waals surface area contributed by atoms with Gasteiger partial charge in [0.25, 0.3) is 0 Å². The fourth-order valence-corrected chi connectivity index (χ4v) is 2.31. The molecule has 0 amide bonds. The minimum Gasteiger partial charge on any atom is -0.508 e. The summed E-state index contributed by atoms with van der Waals surface area (Å²) in [7, 11) is 0. The highest BCUT2D eigenvalue weighted by molar-refractivity contribution is 9.10. The molecule has 0 saturated heterocycles. The fourth-order valence-electron chi connectivity index (χ4n) is 1.64. The molecule has 0 radical (unpaired) electrons. The molecule has 1 saturated carbocycles. The zero-order valence-corrected chi connectivity index (χ0v) is 15.1. The SMILES string of the molecule is N#Cc1cc(O)ccc1Br.N#Cc1cc(OC2CC2)ccc1Br. The first kappa shape index (κ1) is 17.3. The Labute approximate surface area is 151 Å². The Hall–Kier alpha value is -2.02. The molecule has 3 rings (SSSR count). The number of nitriles is 2. The van der Waals surface area contributed by atoms with Crippen molar-refractivity contribution in [1.82, 2.24) is 0 Å². The van der Waals surface area contributed by atoms with Crippen LogP contribution in [0.25, 0.3) is 0 Å². The van der Waals surface area contributed by atoms with Crippen LogP contribution in [0.3, 0.4) is 0 Å². The van der Waals surface area contributed by atoms with Crippen LogP contribution in [0.2, 0.25) is 0 Å². The summed E-state index contributed by atoms with van der Waals surface area (Å²) >= 11 is 6.45. The van der Waals surface area contributed by atoms with Gasteiger partial charge in [-0.2, -0.15) is 10.5 Å². The largest absolute Gasteiger partial charge is 0.508 e. The zero-order valence-electron chi connectivity index (χ0n) is 12.0. The van der Waals surface area contributed by atoms with Crippen LogP contribution >= 0.6 is 31.9 Å². The van der Waals surface area contributed by atoms with Gasteiger partial charge in [0.05, 0.1) is 17.2 Å². The van der Waals surface area contributed by atoms with E-state index in [1.54, 1.807) is 12.1 Å². The third kappa shape index (κ3) is 5.28. The maximum Gasteiger partial charge on any atom is 0.121 e. The van der Waals surface area contributed by atoms with Gasteiger partial charge in [-0.3, -0.25) is 0 Å². The van der Waals surface area contributed by atoms with Gasteiger partial charge < -0.3 is 9.84 Å². The topological polar surface area (TPSA) is 77.0 Å². The lowest BCUT2D eigenvalue weighted by Gasteiger charge is -2.04. The minimum atomic E-state index is 0.111. The average Bonchev–Trinajstić information content (AvgIpc) is 3.36. The maximum atomic E-state index is 8.90. The summed E-state index contributed by atoms with van der Waals surface area (Å²) in [6, 6.07) is 14.1. The quantitative estimate of drug-likeness (QED) is 0.728. The zero-order chi connectivity index (χ0) is 16.8. The highest BCUT2D eigenvalue weighted by Gasteiger charge is 2.23. The molecule has 116 valence electrons. The molecule has 2 aromatic rings. The van der Waals surface area contributed by atoms with Gasteiger partial charge in [-0.1, -0.05) is 0 Å². The normalized spacial score (nSPS) is 12.3. The monoisotopic (exact) mass is 434 g/mol. The minimum absolute atomic E-state index is 0.111. The van der Waals surface area contributed by atoms with Crippen LogP contribution in [0.15, 0.2) is 45.3 Å². The molecule has 0 unspecified atom stereocenters. The predicted molar refractivity (Wildman–Crippen MR) is 93.0 cm³/mol. The van der Waals surface area contributed by atoms with Crippen LogP contribution in [0, 0.1) is 22.7 Å². The first-order chi connectivity index (χ1) is 11.0. The van der Waals surface area contributed by atoms with Gasteiger partial charge in [-0.25, -0.2) is 0 Å². The molecule has 1 fully saturated rings. The number of benzene rings is 2. The molecule has 23 heavy (non-hydrogen) atoms. The van der Waals surface area contributed by atoms with Gasteiger partial charge in [0.1, 0.15) is 23.6 Å². The smallest absolute Gasteiger partial charge is 0.121 e. The van der Waals surface area contributed by atoms with Crippen molar-refractivity contribution in [2.45, 2.75) is 18.9 Å². The molecule has 0 spiro atoms. The van der Waals surface area contributed by atoms with Crippen LogP contribution < -0.4 is 4.74 Å². The van der Waals surface area contributed by atoms with E-state index in [4.69, 9.17) is 20.4 Å². The van der Waals surface area contributed by atoms with E-state index in [2.05, 4.69) is 37.9 Å². The van der Waals surface area contributed by atoms with Crippen molar-refractivity contribution in [3.05, 3.63) is 56.5 Å². The van der Waals surface area contributed by atoms with E-state index in [1.165, 1.54) is 12.1 Å². The van der Waals surface area contributed by atoms with Crippen LogP contribution in [-0.2, 0) is 0 Å². The Morgan fingerprint density at radius 1 is 0.957 bits per heavy atom. The molecule has 0 aromatic heterocycles. The molecule has 6 heteroatoms. The summed E-state index contributed by atoms with van der Waals surface area (Å²) in [6.45, 7) is 0. The molecule has 2 aromatic carbocycles. The third-order valence-electron chi connectivity index (χ3n) is 2.96. The highest BCUT2D eigenvalue weighted by atomic mass is 79.9. The second-order valence-electron chi connectivity index (χ2n) is 4.85. The lowest BCUT2D eigenvalue weighted by Crippen LogP contribution is -1.95. The summed E-state index contributed by atoms with van der Waals surface area (Å²) in [5.41, 5.74) is 1.07. The van der Waals surface area contributed by atoms with E-state index in [-0.39, 0.29) is 5.75 Å². The van der Waals surface area contributed by atoms with E-state index in [1.807, 2.05) is 18.2 Å². The van der Waals surface area contributed by atoms with Crippen molar-refractivity contribution in [3.63, 3.8) is 0 Å². The lowest BCUT2D eigenvalue weighted by molar-refractivity contribution is 0.303. The van der Waals surface area contributed by atoms with Crippen molar-refractivity contribution in [2.24, 2.45) is 0 Å². The van der Waals surface area contributed by atoms with Crippen molar-refractivity contribution >= 4 is 31.9 Å². The van der Waals surface area contributed by atoms with Crippen molar-refractivity contribution in [3.8, 4) is 23.6 Å². The Morgan fingerprint density at radius 2 is 1.52 bits per heavy atom. The number of rotatable bonds is 2. The first-order valence-corrected chi connectivity index (χ1v) is 8.37. The number of hydrogen-bond acceptors (Lipinski definition) is 4. The molecule has 1 aliphatic rings. The number of ether oxygens (including phenoxy) is 1. The number of nitrogens with zero attached hydrogens (tertiary/aromatic N) is 2. The maximum absolute atomic E-state index is 8.90. The summed E-state index contributed by atoms with van der Waals surface area (Å²) in [5.74, 6) is 0.905. The number of phenolic OH excluding ortho intramolecular Hbond substituents is 1. The first-order valence-electron chi connectivity index (χ1n) is 6.78. The number of phenols is 1. The molecule has 0 atom stereocenters. The molecular weight excluding hydrogens is 424 g/mol. The van der Waals surface area contributed by atoms with Crippen LogP contribution in [0.5, 0.6) is 11.5 Å². The van der Waals surface area contributed by atoms with E-state index in [0.29, 0.717) is 21.7 Å². The summed E-state index contributed by atoms with van der Waals surface area (Å²) in [4.78, 5) is 0. The van der Waals surface area contributed by atoms with Gasteiger partial charge in [-0.05, 0) is 81.1 Å². The Morgan fingerprint density at radius 3 is 2.04 bits per heavy atom. The molecule has 1 aliphatic carbocycles. The van der Waals surface area contributed by atoms with Gasteiger partial charge in [0.2, 0.25) is 0 Å². The Kier molecular flexibility index (Phi) is 6.04. The van der Waals surface area contributed by atoms with E-state index >= 15 is 0 Å². The molecule has 0 aliphatic heterocycles. The van der Waals surface area contributed by atoms with Gasteiger partial charge in [0, 0.05) is 8.95 Å². The number of hydrogen-bond donors (Lipinski definition) is 1. The summed E-state index contributed by atoms with van der Waals surface area (Å²) in [5, 5.41) is 26.1.